The van der Waals surface area contributed by atoms with Gasteiger partial charge in [0.1, 0.15) is 5.82 Å². The van der Waals surface area contributed by atoms with Crippen molar-refractivity contribution >= 4 is 5.69 Å². The van der Waals surface area contributed by atoms with E-state index in [1.165, 1.54) is 18.9 Å². The highest BCUT2D eigenvalue weighted by Crippen LogP contribution is 2.29. The summed E-state index contributed by atoms with van der Waals surface area (Å²) in [5.41, 5.74) is 6.33. The summed E-state index contributed by atoms with van der Waals surface area (Å²) in [5, 5.41) is 0. The van der Waals surface area contributed by atoms with E-state index in [-0.39, 0.29) is 5.82 Å². The lowest BCUT2D eigenvalue weighted by atomic mass is 10.1. The molecule has 1 aromatic carbocycles. The minimum atomic E-state index is -0.136. The van der Waals surface area contributed by atoms with Crippen molar-refractivity contribution in [2.24, 2.45) is 5.73 Å². The number of hydrogen-bond acceptors (Lipinski definition) is 2. The first-order chi connectivity index (χ1) is 7.83. The number of hydrogen-bond donors (Lipinski definition) is 1. The van der Waals surface area contributed by atoms with Gasteiger partial charge in [-0.2, -0.15) is 0 Å². The number of rotatable bonds is 4. The van der Waals surface area contributed by atoms with Gasteiger partial charge in [0, 0.05) is 19.1 Å². The molecular weight excluding hydrogens is 203 g/mol. The van der Waals surface area contributed by atoms with Crippen LogP contribution in [0.5, 0.6) is 0 Å². The summed E-state index contributed by atoms with van der Waals surface area (Å²) in [4.78, 5) is 2.14. The lowest BCUT2D eigenvalue weighted by molar-refractivity contribution is 0.572. The van der Waals surface area contributed by atoms with Crippen molar-refractivity contribution in [1.82, 2.24) is 0 Å². The number of para-hydroxylation sites is 1. The van der Waals surface area contributed by atoms with Crippen molar-refractivity contribution in [2.45, 2.75) is 31.7 Å². The molecule has 0 aromatic heterocycles. The molecule has 2 rings (SSSR count). The zero-order valence-electron chi connectivity index (χ0n) is 9.53. The van der Waals surface area contributed by atoms with Crippen LogP contribution in [0, 0.1) is 5.82 Å². The monoisotopic (exact) mass is 222 g/mol. The Balaban J connectivity index is 2.21. The van der Waals surface area contributed by atoms with Gasteiger partial charge in [-0.25, -0.2) is 4.39 Å². The predicted octanol–water partition coefficient (Wildman–Crippen LogP) is 2.53. The fraction of sp³-hybridized carbons (Fsp3) is 0.538. The Bertz CT molecular complexity index is 334. The highest BCUT2D eigenvalue weighted by Gasteiger charge is 2.23. The van der Waals surface area contributed by atoms with E-state index in [9.17, 15) is 4.39 Å². The molecule has 0 saturated heterocycles. The summed E-state index contributed by atoms with van der Waals surface area (Å²) in [6, 6.07) is 7.46. The van der Waals surface area contributed by atoms with Crippen LogP contribution in [-0.2, 0) is 0 Å². The van der Waals surface area contributed by atoms with Crippen molar-refractivity contribution in [2.75, 3.05) is 18.0 Å². The molecule has 1 aliphatic carbocycles. The quantitative estimate of drug-likeness (QED) is 0.848. The molecule has 1 saturated carbocycles. The Kier molecular flexibility index (Phi) is 3.78. The van der Waals surface area contributed by atoms with Crippen molar-refractivity contribution in [3.8, 4) is 0 Å². The minimum absolute atomic E-state index is 0.136. The summed E-state index contributed by atoms with van der Waals surface area (Å²) >= 11 is 0. The SMILES string of the molecule is NCCN(c1ccccc1F)C1CCCC1. The van der Waals surface area contributed by atoms with E-state index < -0.39 is 0 Å². The van der Waals surface area contributed by atoms with Crippen molar-refractivity contribution in [1.29, 1.82) is 0 Å². The first kappa shape index (κ1) is 11.4. The highest BCUT2D eigenvalue weighted by atomic mass is 19.1. The van der Waals surface area contributed by atoms with E-state index in [4.69, 9.17) is 5.73 Å². The Morgan fingerprint density at radius 3 is 2.56 bits per heavy atom. The molecule has 3 heteroatoms. The fourth-order valence-electron chi connectivity index (χ4n) is 2.54. The lowest BCUT2D eigenvalue weighted by Crippen LogP contribution is -2.37. The molecule has 16 heavy (non-hydrogen) atoms. The number of nitrogens with zero attached hydrogens (tertiary/aromatic N) is 1. The van der Waals surface area contributed by atoms with E-state index >= 15 is 0 Å². The number of benzene rings is 1. The molecule has 0 spiro atoms. The number of halogens is 1. The van der Waals surface area contributed by atoms with E-state index in [1.54, 1.807) is 6.07 Å². The van der Waals surface area contributed by atoms with Gasteiger partial charge >= 0.3 is 0 Å². The zero-order valence-corrected chi connectivity index (χ0v) is 9.53. The van der Waals surface area contributed by atoms with Gasteiger partial charge in [0.05, 0.1) is 5.69 Å². The van der Waals surface area contributed by atoms with Crippen molar-refractivity contribution in [3.63, 3.8) is 0 Å². The Morgan fingerprint density at radius 1 is 1.25 bits per heavy atom. The maximum Gasteiger partial charge on any atom is 0.146 e. The summed E-state index contributed by atoms with van der Waals surface area (Å²) in [6.07, 6.45) is 4.82. The van der Waals surface area contributed by atoms with Crippen LogP contribution in [0.3, 0.4) is 0 Å². The van der Waals surface area contributed by atoms with E-state index in [1.807, 2.05) is 12.1 Å². The number of anilines is 1. The van der Waals surface area contributed by atoms with E-state index in [0.29, 0.717) is 18.3 Å². The summed E-state index contributed by atoms with van der Waals surface area (Å²) in [7, 11) is 0. The van der Waals surface area contributed by atoms with Gasteiger partial charge in [-0.05, 0) is 25.0 Å². The van der Waals surface area contributed by atoms with Crippen molar-refractivity contribution in [3.05, 3.63) is 30.1 Å². The Labute approximate surface area is 96.2 Å². The van der Waals surface area contributed by atoms with Crippen LogP contribution < -0.4 is 10.6 Å². The molecule has 0 aliphatic heterocycles. The average molecular weight is 222 g/mol. The maximum absolute atomic E-state index is 13.7. The smallest absolute Gasteiger partial charge is 0.146 e. The van der Waals surface area contributed by atoms with Crippen molar-refractivity contribution < 1.29 is 4.39 Å². The molecule has 0 heterocycles. The van der Waals surface area contributed by atoms with Gasteiger partial charge in [-0.3, -0.25) is 0 Å². The largest absolute Gasteiger partial charge is 0.365 e. The van der Waals surface area contributed by atoms with Crippen LogP contribution in [0.1, 0.15) is 25.7 Å². The predicted molar refractivity (Wildman–Crippen MR) is 65.1 cm³/mol. The average Bonchev–Trinajstić information content (AvgIpc) is 2.80. The first-order valence-electron chi connectivity index (χ1n) is 6.04. The second-order valence-corrected chi connectivity index (χ2v) is 4.37. The topological polar surface area (TPSA) is 29.3 Å². The molecule has 1 aliphatic rings. The zero-order chi connectivity index (χ0) is 11.4. The molecule has 0 bridgehead atoms. The van der Waals surface area contributed by atoms with Gasteiger partial charge in [0.25, 0.3) is 0 Å². The summed E-state index contributed by atoms with van der Waals surface area (Å²) < 4.78 is 13.7. The maximum atomic E-state index is 13.7. The fourth-order valence-corrected chi connectivity index (χ4v) is 2.54. The Morgan fingerprint density at radius 2 is 1.94 bits per heavy atom. The van der Waals surface area contributed by atoms with Gasteiger partial charge < -0.3 is 10.6 Å². The summed E-state index contributed by atoms with van der Waals surface area (Å²) in [6.45, 7) is 1.32. The molecule has 2 N–H and O–H groups in total. The normalized spacial score (nSPS) is 16.6. The Hall–Kier alpha value is -1.09. The first-order valence-corrected chi connectivity index (χ1v) is 6.04. The van der Waals surface area contributed by atoms with Crippen LogP contribution in [-0.4, -0.2) is 19.1 Å². The second-order valence-electron chi connectivity index (χ2n) is 4.37. The molecule has 88 valence electrons. The molecule has 1 fully saturated rings. The standard InChI is InChI=1S/C13H19FN2/c14-12-7-3-4-8-13(12)16(10-9-15)11-5-1-2-6-11/h3-4,7-8,11H,1-2,5-6,9-10,15H2. The van der Waals surface area contributed by atoms with E-state index in [0.717, 1.165) is 19.4 Å². The van der Waals surface area contributed by atoms with Gasteiger partial charge in [0.15, 0.2) is 0 Å². The molecule has 0 atom stereocenters. The van der Waals surface area contributed by atoms with E-state index in [2.05, 4.69) is 4.90 Å². The third-order valence-corrected chi connectivity index (χ3v) is 3.30. The lowest BCUT2D eigenvalue weighted by Gasteiger charge is -2.31. The number of nitrogens with two attached hydrogens (primary N) is 1. The van der Waals surface area contributed by atoms with Crippen LogP contribution in [0.2, 0.25) is 0 Å². The molecule has 1 aromatic rings. The van der Waals surface area contributed by atoms with Crippen LogP contribution in [0.25, 0.3) is 0 Å². The second kappa shape index (κ2) is 5.30. The molecule has 2 nitrogen and oxygen atoms in total. The molecule has 0 radical (unpaired) electrons. The third-order valence-electron chi connectivity index (χ3n) is 3.30. The van der Waals surface area contributed by atoms with Crippen LogP contribution in [0.4, 0.5) is 10.1 Å². The molecule has 0 unspecified atom stereocenters. The molecule has 0 amide bonds. The summed E-state index contributed by atoms with van der Waals surface area (Å²) in [5.74, 6) is -0.136. The van der Waals surface area contributed by atoms with Crippen LogP contribution >= 0.6 is 0 Å². The van der Waals surface area contributed by atoms with Gasteiger partial charge in [-0.1, -0.05) is 25.0 Å². The molecular formula is C13H19FN2. The van der Waals surface area contributed by atoms with Gasteiger partial charge in [-0.15, -0.1) is 0 Å². The minimum Gasteiger partial charge on any atom is -0.365 e. The third kappa shape index (κ3) is 2.35. The highest BCUT2D eigenvalue weighted by molar-refractivity contribution is 5.48. The van der Waals surface area contributed by atoms with Crippen LogP contribution in [0.15, 0.2) is 24.3 Å². The van der Waals surface area contributed by atoms with Gasteiger partial charge in [0.2, 0.25) is 0 Å².